The minimum Gasteiger partial charge on any atom is -0.322 e. The summed E-state index contributed by atoms with van der Waals surface area (Å²) in [5.41, 5.74) is 3.22. The van der Waals surface area contributed by atoms with Gasteiger partial charge in [0.15, 0.2) is 0 Å². The molecule has 1 aliphatic carbocycles. The van der Waals surface area contributed by atoms with Gasteiger partial charge in [-0.25, -0.2) is 0 Å². The third kappa shape index (κ3) is 7.95. The Morgan fingerprint density at radius 1 is 1.36 bits per heavy atom. The van der Waals surface area contributed by atoms with Gasteiger partial charge in [-0.2, -0.15) is 13.5 Å². The summed E-state index contributed by atoms with van der Waals surface area (Å²) in [7, 11) is -3.67. The zero-order valence-corrected chi connectivity index (χ0v) is 15.5. The van der Waals surface area contributed by atoms with Crippen LogP contribution in [0.15, 0.2) is 34.9 Å². The number of fused-ring (bicyclic) bond motifs is 1. The second kappa shape index (κ2) is 9.33. The van der Waals surface area contributed by atoms with E-state index in [0.29, 0.717) is 18.1 Å². The summed E-state index contributed by atoms with van der Waals surface area (Å²) in [5.74, 6) is 5.89. The fourth-order valence-electron chi connectivity index (χ4n) is 2.56. The fraction of sp³-hybridized carbons (Fsp3) is 0.412. The molecule has 2 rings (SSSR count). The lowest BCUT2D eigenvalue weighted by atomic mass is 9.85. The first kappa shape index (κ1) is 20.9. The SMILES string of the molecule is CC(C)C1CC(C(=O)NC=NN)=Cc2ccccc2C1.CS(=O)(=O)O. The van der Waals surface area contributed by atoms with E-state index in [9.17, 15) is 13.2 Å². The molecule has 8 heteroatoms. The third-order valence-electron chi connectivity index (χ3n) is 3.85. The number of amides is 1. The Bertz CT molecular complexity index is 747. The maximum Gasteiger partial charge on any atom is 0.261 e. The second-order valence-corrected chi connectivity index (χ2v) is 7.73. The van der Waals surface area contributed by atoms with Crippen LogP contribution < -0.4 is 11.2 Å². The molecule has 138 valence electrons. The number of rotatable bonds is 3. The largest absolute Gasteiger partial charge is 0.322 e. The molecule has 0 radical (unpaired) electrons. The molecule has 1 amide bonds. The van der Waals surface area contributed by atoms with E-state index in [1.807, 2.05) is 12.1 Å². The predicted molar refractivity (Wildman–Crippen MR) is 99.4 cm³/mol. The summed E-state index contributed by atoms with van der Waals surface area (Å²) in [6, 6.07) is 8.25. The highest BCUT2D eigenvalue weighted by Gasteiger charge is 2.23. The van der Waals surface area contributed by atoms with Crippen molar-refractivity contribution in [3.8, 4) is 0 Å². The van der Waals surface area contributed by atoms with Gasteiger partial charge in [0.05, 0.1) is 6.26 Å². The van der Waals surface area contributed by atoms with Gasteiger partial charge in [0.25, 0.3) is 16.0 Å². The highest BCUT2D eigenvalue weighted by Crippen LogP contribution is 2.31. The van der Waals surface area contributed by atoms with Crippen molar-refractivity contribution >= 4 is 28.4 Å². The number of hydrazone groups is 1. The van der Waals surface area contributed by atoms with Gasteiger partial charge in [0.1, 0.15) is 6.34 Å². The molecule has 1 aromatic rings. The zero-order chi connectivity index (χ0) is 19.0. The van der Waals surface area contributed by atoms with Crippen LogP contribution in [0.2, 0.25) is 0 Å². The lowest BCUT2D eigenvalue weighted by Gasteiger charge is -2.20. The Labute approximate surface area is 148 Å². The molecule has 4 N–H and O–H groups in total. The number of nitrogens with zero attached hydrogens (tertiary/aromatic N) is 1. The summed E-state index contributed by atoms with van der Waals surface area (Å²) >= 11 is 0. The summed E-state index contributed by atoms with van der Waals surface area (Å²) < 4.78 is 25.9. The van der Waals surface area contributed by atoms with Crippen LogP contribution in [-0.4, -0.2) is 31.5 Å². The Hall–Kier alpha value is -2.19. The Morgan fingerprint density at radius 3 is 2.52 bits per heavy atom. The smallest absolute Gasteiger partial charge is 0.261 e. The van der Waals surface area contributed by atoms with Gasteiger partial charge in [0, 0.05) is 5.57 Å². The van der Waals surface area contributed by atoms with Crippen LogP contribution in [0, 0.1) is 11.8 Å². The molecule has 7 nitrogen and oxygen atoms in total. The van der Waals surface area contributed by atoms with Gasteiger partial charge in [-0.05, 0) is 41.9 Å². The number of nitrogens with two attached hydrogens (primary N) is 1. The van der Waals surface area contributed by atoms with E-state index in [2.05, 4.69) is 42.5 Å². The molecule has 0 spiro atoms. The first-order valence-corrected chi connectivity index (χ1v) is 9.70. The topological polar surface area (TPSA) is 122 Å². The third-order valence-corrected chi connectivity index (χ3v) is 3.85. The average Bonchev–Trinajstić information content (AvgIpc) is 2.70. The molecule has 0 aliphatic heterocycles. The van der Waals surface area contributed by atoms with Crippen LogP contribution in [0.4, 0.5) is 0 Å². The van der Waals surface area contributed by atoms with Crippen molar-refractivity contribution in [1.29, 1.82) is 0 Å². The quantitative estimate of drug-likeness (QED) is 0.247. The van der Waals surface area contributed by atoms with Crippen LogP contribution in [-0.2, 0) is 21.3 Å². The highest BCUT2D eigenvalue weighted by molar-refractivity contribution is 7.85. The molecule has 0 saturated carbocycles. The van der Waals surface area contributed by atoms with Gasteiger partial charge in [0.2, 0.25) is 0 Å². The molecule has 0 bridgehead atoms. The summed E-state index contributed by atoms with van der Waals surface area (Å²) in [4.78, 5) is 12.2. The van der Waals surface area contributed by atoms with Crippen molar-refractivity contribution in [2.45, 2.75) is 26.7 Å². The molecule has 0 fully saturated rings. The van der Waals surface area contributed by atoms with Crippen LogP contribution in [0.5, 0.6) is 0 Å². The van der Waals surface area contributed by atoms with E-state index in [4.69, 9.17) is 10.4 Å². The number of benzene rings is 1. The van der Waals surface area contributed by atoms with Crippen molar-refractivity contribution in [2.24, 2.45) is 22.8 Å². The standard InChI is InChI=1S/C16H21N3O.CH4O3S/c1-11(2)14-7-12-5-3-4-6-13(12)8-15(9-14)16(20)18-10-19-17;1-5(2,3)4/h3-6,8,10-11,14H,7,9,17H2,1-2H3,(H,18,19,20);1H3,(H,2,3,4). The number of carbonyl (C=O) groups excluding carboxylic acids is 1. The number of carbonyl (C=O) groups is 1. The zero-order valence-electron chi connectivity index (χ0n) is 14.6. The van der Waals surface area contributed by atoms with Crippen molar-refractivity contribution in [3.05, 3.63) is 41.0 Å². The van der Waals surface area contributed by atoms with Crippen LogP contribution in [0.1, 0.15) is 31.4 Å². The van der Waals surface area contributed by atoms with E-state index in [1.165, 1.54) is 11.9 Å². The van der Waals surface area contributed by atoms with Crippen LogP contribution in [0.25, 0.3) is 6.08 Å². The average molecular weight is 367 g/mol. The molecular weight excluding hydrogens is 342 g/mol. The van der Waals surface area contributed by atoms with E-state index >= 15 is 0 Å². The van der Waals surface area contributed by atoms with Crippen molar-refractivity contribution < 1.29 is 17.8 Å². The maximum atomic E-state index is 12.2. The van der Waals surface area contributed by atoms with Gasteiger partial charge < -0.3 is 11.2 Å². The monoisotopic (exact) mass is 367 g/mol. The first-order chi connectivity index (χ1) is 11.6. The maximum absolute atomic E-state index is 12.2. The normalized spacial score (nSPS) is 17.2. The number of hydrogen-bond acceptors (Lipinski definition) is 5. The Morgan fingerprint density at radius 2 is 1.96 bits per heavy atom. The van der Waals surface area contributed by atoms with E-state index < -0.39 is 10.1 Å². The number of hydrogen-bond donors (Lipinski definition) is 3. The Balaban J connectivity index is 0.000000550. The van der Waals surface area contributed by atoms with Gasteiger partial charge >= 0.3 is 0 Å². The molecule has 25 heavy (non-hydrogen) atoms. The van der Waals surface area contributed by atoms with Gasteiger partial charge in [-0.1, -0.05) is 38.1 Å². The lowest BCUT2D eigenvalue weighted by Crippen LogP contribution is -2.25. The number of nitrogens with one attached hydrogen (secondary N) is 1. The summed E-state index contributed by atoms with van der Waals surface area (Å²) in [6.07, 6.45) is 5.71. The van der Waals surface area contributed by atoms with Crippen molar-refractivity contribution in [2.75, 3.05) is 6.26 Å². The van der Waals surface area contributed by atoms with Crippen molar-refractivity contribution in [1.82, 2.24) is 5.32 Å². The van der Waals surface area contributed by atoms with E-state index in [0.717, 1.165) is 24.0 Å². The molecule has 1 aromatic carbocycles. The fourth-order valence-corrected chi connectivity index (χ4v) is 2.56. The van der Waals surface area contributed by atoms with E-state index in [-0.39, 0.29) is 5.91 Å². The van der Waals surface area contributed by atoms with Gasteiger partial charge in [-0.15, -0.1) is 0 Å². The van der Waals surface area contributed by atoms with Gasteiger partial charge in [-0.3, -0.25) is 9.35 Å². The molecule has 0 aromatic heterocycles. The van der Waals surface area contributed by atoms with Crippen LogP contribution in [0.3, 0.4) is 0 Å². The summed E-state index contributed by atoms with van der Waals surface area (Å²) in [5, 5.41) is 5.90. The van der Waals surface area contributed by atoms with Crippen LogP contribution >= 0.6 is 0 Å². The molecule has 1 unspecified atom stereocenters. The Kier molecular flexibility index (Phi) is 7.79. The lowest BCUT2D eigenvalue weighted by molar-refractivity contribution is -0.116. The minimum atomic E-state index is -3.67. The molecule has 1 aliphatic rings. The molecule has 0 saturated heterocycles. The second-order valence-electron chi connectivity index (χ2n) is 6.27. The van der Waals surface area contributed by atoms with E-state index in [1.54, 1.807) is 0 Å². The molecule has 1 atom stereocenters. The highest BCUT2D eigenvalue weighted by atomic mass is 32.2. The molecule has 0 heterocycles. The summed E-state index contributed by atoms with van der Waals surface area (Å²) in [6.45, 7) is 4.41. The predicted octanol–water partition coefficient (Wildman–Crippen LogP) is 1.81. The minimum absolute atomic E-state index is 0.124. The molecular formula is C17H25N3O4S. The van der Waals surface area contributed by atoms with Crippen molar-refractivity contribution in [3.63, 3.8) is 0 Å². The first-order valence-electron chi connectivity index (χ1n) is 7.85.